The van der Waals surface area contributed by atoms with Crippen molar-refractivity contribution in [2.24, 2.45) is 0 Å². The van der Waals surface area contributed by atoms with Crippen molar-refractivity contribution < 1.29 is 9.26 Å². The van der Waals surface area contributed by atoms with Crippen molar-refractivity contribution in [1.29, 1.82) is 0 Å². The van der Waals surface area contributed by atoms with Crippen LogP contribution in [0, 0.1) is 13.8 Å². The van der Waals surface area contributed by atoms with Gasteiger partial charge in [0, 0.05) is 11.1 Å². The third-order valence-corrected chi connectivity index (χ3v) is 3.91. The number of aryl methyl sites for hydroxylation is 2. The van der Waals surface area contributed by atoms with Gasteiger partial charge in [0.25, 0.3) is 0 Å². The van der Waals surface area contributed by atoms with Crippen LogP contribution in [0.1, 0.15) is 23.0 Å². The van der Waals surface area contributed by atoms with E-state index >= 15 is 0 Å². The summed E-state index contributed by atoms with van der Waals surface area (Å²) < 4.78 is 11.6. The SMILES string of the molecule is Cc1ccc([C@@H]2Nc3onc(C)c3-c3ccccc3O2)cc1. The lowest BCUT2D eigenvalue weighted by Gasteiger charge is -2.19. The molecule has 1 aromatic heterocycles. The molecule has 1 aliphatic heterocycles. The molecule has 3 aromatic rings. The minimum Gasteiger partial charge on any atom is -0.466 e. The number of rotatable bonds is 1. The molecule has 4 rings (SSSR count). The van der Waals surface area contributed by atoms with E-state index in [0.717, 1.165) is 28.1 Å². The minimum atomic E-state index is -0.310. The summed E-state index contributed by atoms with van der Waals surface area (Å²) in [5.41, 5.74) is 5.07. The van der Waals surface area contributed by atoms with Gasteiger partial charge in [-0.25, -0.2) is 0 Å². The number of ether oxygens (including phenoxy) is 1. The van der Waals surface area contributed by atoms with E-state index in [1.807, 2.05) is 31.2 Å². The summed E-state index contributed by atoms with van der Waals surface area (Å²) in [6.07, 6.45) is -0.310. The fourth-order valence-corrected chi connectivity index (χ4v) is 2.73. The molecule has 0 amide bonds. The Hall–Kier alpha value is -2.75. The summed E-state index contributed by atoms with van der Waals surface area (Å²) in [6, 6.07) is 16.2. The molecule has 0 radical (unpaired) electrons. The van der Waals surface area contributed by atoms with E-state index < -0.39 is 0 Å². The Morgan fingerprint density at radius 2 is 1.77 bits per heavy atom. The zero-order valence-electron chi connectivity index (χ0n) is 12.5. The molecule has 1 N–H and O–H groups in total. The Bertz CT molecular complexity index is 821. The van der Waals surface area contributed by atoms with Crippen molar-refractivity contribution >= 4 is 5.88 Å². The molecule has 1 atom stereocenters. The van der Waals surface area contributed by atoms with Gasteiger partial charge >= 0.3 is 0 Å². The Kier molecular flexibility index (Phi) is 2.89. The number of nitrogens with one attached hydrogen (secondary N) is 1. The molecule has 1 aliphatic rings. The van der Waals surface area contributed by atoms with Gasteiger partial charge in [-0.2, -0.15) is 0 Å². The average molecular weight is 292 g/mol. The van der Waals surface area contributed by atoms with Crippen LogP contribution < -0.4 is 10.1 Å². The van der Waals surface area contributed by atoms with Gasteiger partial charge in [-0.3, -0.25) is 0 Å². The molecule has 2 aromatic carbocycles. The summed E-state index contributed by atoms with van der Waals surface area (Å²) in [5, 5.41) is 7.40. The van der Waals surface area contributed by atoms with E-state index in [2.05, 4.69) is 41.7 Å². The molecular weight excluding hydrogens is 276 g/mol. The van der Waals surface area contributed by atoms with Gasteiger partial charge in [-0.05, 0) is 19.9 Å². The number of nitrogens with zero attached hydrogens (tertiary/aromatic N) is 1. The van der Waals surface area contributed by atoms with Gasteiger partial charge in [0.2, 0.25) is 5.88 Å². The quantitative estimate of drug-likeness (QED) is 0.719. The van der Waals surface area contributed by atoms with Gasteiger partial charge < -0.3 is 14.6 Å². The van der Waals surface area contributed by atoms with Crippen molar-refractivity contribution in [3.63, 3.8) is 0 Å². The summed E-state index contributed by atoms with van der Waals surface area (Å²) in [7, 11) is 0. The predicted octanol–water partition coefficient (Wildman–Crippen LogP) is 4.46. The molecular formula is C18H16N2O2. The molecule has 2 heterocycles. The molecule has 22 heavy (non-hydrogen) atoms. The largest absolute Gasteiger partial charge is 0.466 e. The predicted molar refractivity (Wildman–Crippen MR) is 84.8 cm³/mol. The third kappa shape index (κ3) is 2.04. The first-order valence-electron chi connectivity index (χ1n) is 7.28. The van der Waals surface area contributed by atoms with E-state index in [1.165, 1.54) is 5.56 Å². The zero-order chi connectivity index (χ0) is 15.1. The van der Waals surface area contributed by atoms with Crippen molar-refractivity contribution in [2.75, 3.05) is 5.32 Å². The number of fused-ring (bicyclic) bond motifs is 3. The molecule has 0 bridgehead atoms. The monoisotopic (exact) mass is 292 g/mol. The van der Waals surface area contributed by atoms with E-state index in [1.54, 1.807) is 0 Å². The maximum Gasteiger partial charge on any atom is 0.236 e. The number of hydrogen-bond donors (Lipinski definition) is 1. The number of anilines is 1. The Morgan fingerprint density at radius 1 is 1.00 bits per heavy atom. The van der Waals surface area contributed by atoms with Crippen LogP contribution in [-0.2, 0) is 0 Å². The van der Waals surface area contributed by atoms with Crippen LogP contribution in [0.4, 0.5) is 5.88 Å². The van der Waals surface area contributed by atoms with Crippen LogP contribution in [0.2, 0.25) is 0 Å². The minimum absolute atomic E-state index is 0.310. The Labute approximate surface area is 128 Å². The Morgan fingerprint density at radius 3 is 2.59 bits per heavy atom. The number of aromatic nitrogens is 1. The first-order valence-corrected chi connectivity index (χ1v) is 7.28. The van der Waals surface area contributed by atoms with Crippen molar-refractivity contribution in [2.45, 2.75) is 20.1 Å². The standard InChI is InChI=1S/C18H16N2O2/c1-11-7-9-13(10-8-11)17-19-18-16(12(2)20-22-18)14-5-3-4-6-15(14)21-17/h3-10,17,19H,1-2H3/t17-/m1/s1. The highest BCUT2D eigenvalue weighted by molar-refractivity contribution is 5.81. The Balaban J connectivity index is 1.85. The van der Waals surface area contributed by atoms with Crippen LogP contribution in [0.3, 0.4) is 0 Å². The maximum atomic E-state index is 6.18. The van der Waals surface area contributed by atoms with Crippen LogP contribution in [0.25, 0.3) is 11.1 Å². The molecule has 0 unspecified atom stereocenters. The van der Waals surface area contributed by atoms with Crippen molar-refractivity contribution in [1.82, 2.24) is 5.16 Å². The van der Waals surface area contributed by atoms with Gasteiger partial charge in [-0.15, -0.1) is 0 Å². The van der Waals surface area contributed by atoms with E-state index in [4.69, 9.17) is 9.26 Å². The van der Waals surface area contributed by atoms with E-state index in [0.29, 0.717) is 5.88 Å². The van der Waals surface area contributed by atoms with Crippen LogP contribution >= 0.6 is 0 Å². The molecule has 0 saturated carbocycles. The highest BCUT2D eigenvalue weighted by Crippen LogP contribution is 2.42. The molecule has 4 heteroatoms. The fraction of sp³-hybridized carbons (Fsp3) is 0.167. The number of benzene rings is 2. The topological polar surface area (TPSA) is 47.3 Å². The average Bonchev–Trinajstić information content (AvgIpc) is 2.80. The highest BCUT2D eigenvalue weighted by atomic mass is 16.5. The zero-order valence-corrected chi connectivity index (χ0v) is 12.5. The lowest BCUT2D eigenvalue weighted by atomic mass is 10.1. The summed E-state index contributed by atoms with van der Waals surface area (Å²) in [5.74, 6) is 1.47. The maximum absolute atomic E-state index is 6.18. The molecule has 0 aliphatic carbocycles. The summed E-state index contributed by atoms with van der Waals surface area (Å²) >= 11 is 0. The third-order valence-electron chi connectivity index (χ3n) is 3.91. The first kappa shape index (κ1) is 13.0. The molecule has 0 fully saturated rings. The van der Waals surface area contributed by atoms with Crippen LogP contribution in [0.5, 0.6) is 5.75 Å². The number of para-hydroxylation sites is 1. The summed E-state index contributed by atoms with van der Waals surface area (Å²) in [4.78, 5) is 0. The lowest BCUT2D eigenvalue weighted by Crippen LogP contribution is -2.16. The normalized spacial score (nSPS) is 16.0. The smallest absolute Gasteiger partial charge is 0.236 e. The van der Waals surface area contributed by atoms with Crippen LogP contribution in [-0.4, -0.2) is 5.16 Å². The van der Waals surface area contributed by atoms with E-state index in [-0.39, 0.29) is 6.23 Å². The molecule has 0 saturated heterocycles. The highest BCUT2D eigenvalue weighted by Gasteiger charge is 2.27. The first-order chi connectivity index (χ1) is 10.7. The second-order valence-corrected chi connectivity index (χ2v) is 5.52. The van der Waals surface area contributed by atoms with Gasteiger partial charge in [0.05, 0.1) is 11.3 Å². The lowest BCUT2D eigenvalue weighted by molar-refractivity contribution is 0.233. The summed E-state index contributed by atoms with van der Waals surface area (Å²) in [6.45, 7) is 4.01. The van der Waals surface area contributed by atoms with Crippen molar-refractivity contribution in [3.8, 4) is 16.9 Å². The van der Waals surface area contributed by atoms with Crippen LogP contribution in [0.15, 0.2) is 53.1 Å². The van der Waals surface area contributed by atoms with Crippen molar-refractivity contribution in [3.05, 3.63) is 65.4 Å². The van der Waals surface area contributed by atoms with Gasteiger partial charge in [-0.1, -0.05) is 53.2 Å². The molecule has 4 nitrogen and oxygen atoms in total. The molecule has 0 spiro atoms. The second-order valence-electron chi connectivity index (χ2n) is 5.52. The molecule has 110 valence electrons. The number of hydrogen-bond acceptors (Lipinski definition) is 4. The van der Waals surface area contributed by atoms with Gasteiger partial charge in [0.1, 0.15) is 5.75 Å². The van der Waals surface area contributed by atoms with E-state index in [9.17, 15) is 0 Å². The second kappa shape index (κ2) is 4.91. The fourth-order valence-electron chi connectivity index (χ4n) is 2.73. The van der Waals surface area contributed by atoms with Gasteiger partial charge in [0.15, 0.2) is 6.23 Å².